The minimum absolute atomic E-state index is 0.0393. The Labute approximate surface area is 188 Å². The van der Waals surface area contributed by atoms with Crippen molar-refractivity contribution in [2.24, 2.45) is 0 Å². The molecule has 6 nitrogen and oxygen atoms in total. The first-order valence-corrected chi connectivity index (χ1v) is 11.0. The average molecular weight is 434 g/mol. The summed E-state index contributed by atoms with van der Waals surface area (Å²) in [5.41, 5.74) is 3.31. The normalized spacial score (nSPS) is 13.8. The Hall–Kier alpha value is -3.48. The van der Waals surface area contributed by atoms with Crippen molar-refractivity contribution in [3.63, 3.8) is 0 Å². The number of benzene rings is 2. The highest BCUT2D eigenvalue weighted by molar-refractivity contribution is 5.74. The third kappa shape index (κ3) is 4.72. The fourth-order valence-electron chi connectivity index (χ4n) is 3.98. The van der Waals surface area contributed by atoms with E-state index in [1.54, 1.807) is 12.1 Å². The van der Waals surface area contributed by atoms with Gasteiger partial charge in [0.2, 0.25) is 0 Å². The van der Waals surface area contributed by atoms with Crippen molar-refractivity contribution in [3.05, 3.63) is 77.2 Å². The SMILES string of the molecule is CCNC(=O)N1CCN(c2nc(-c3ccccc3)nc(C)c2Cc2ccccc2F)CC1. The molecule has 1 fully saturated rings. The second-order valence-electron chi connectivity index (χ2n) is 7.88. The third-order valence-corrected chi connectivity index (χ3v) is 5.74. The summed E-state index contributed by atoms with van der Waals surface area (Å²) in [4.78, 5) is 25.9. The molecule has 0 saturated carbocycles. The zero-order valence-electron chi connectivity index (χ0n) is 18.5. The van der Waals surface area contributed by atoms with Gasteiger partial charge in [-0.25, -0.2) is 19.2 Å². The van der Waals surface area contributed by atoms with Gasteiger partial charge in [-0.2, -0.15) is 0 Å². The standard InChI is InChI=1S/C25H28FN5O/c1-3-27-25(32)31-15-13-30(14-16-31)24-21(17-20-11-7-8-12-22(20)26)18(2)28-23(29-24)19-9-5-4-6-10-19/h4-12H,3,13-17H2,1-2H3,(H,27,32). The molecule has 32 heavy (non-hydrogen) atoms. The molecule has 1 N–H and O–H groups in total. The number of anilines is 1. The monoisotopic (exact) mass is 433 g/mol. The Balaban J connectivity index is 1.69. The lowest BCUT2D eigenvalue weighted by Gasteiger charge is -2.36. The molecule has 4 rings (SSSR count). The van der Waals surface area contributed by atoms with Crippen LogP contribution in [0, 0.1) is 12.7 Å². The fourth-order valence-corrected chi connectivity index (χ4v) is 3.98. The van der Waals surface area contributed by atoms with E-state index in [1.165, 1.54) is 6.07 Å². The van der Waals surface area contributed by atoms with Crippen LogP contribution >= 0.6 is 0 Å². The summed E-state index contributed by atoms with van der Waals surface area (Å²) in [6.07, 6.45) is 0.416. The van der Waals surface area contributed by atoms with Gasteiger partial charge in [-0.1, -0.05) is 48.5 Å². The number of halogens is 1. The minimum Gasteiger partial charge on any atom is -0.353 e. The second kappa shape index (κ2) is 9.77. The molecule has 2 aromatic carbocycles. The maximum Gasteiger partial charge on any atom is 0.317 e. The number of aryl methyl sites for hydroxylation is 1. The van der Waals surface area contributed by atoms with Gasteiger partial charge in [0, 0.05) is 56.0 Å². The van der Waals surface area contributed by atoms with Gasteiger partial charge in [-0.15, -0.1) is 0 Å². The predicted molar refractivity (Wildman–Crippen MR) is 124 cm³/mol. The van der Waals surface area contributed by atoms with Crippen LogP contribution < -0.4 is 10.2 Å². The summed E-state index contributed by atoms with van der Waals surface area (Å²) < 4.78 is 14.4. The Morgan fingerprint density at radius 1 is 1.00 bits per heavy atom. The Morgan fingerprint density at radius 2 is 1.69 bits per heavy atom. The van der Waals surface area contributed by atoms with Crippen molar-refractivity contribution < 1.29 is 9.18 Å². The number of aromatic nitrogens is 2. The van der Waals surface area contributed by atoms with E-state index in [9.17, 15) is 9.18 Å². The number of nitrogens with one attached hydrogen (secondary N) is 1. The fraction of sp³-hybridized carbons (Fsp3) is 0.320. The highest BCUT2D eigenvalue weighted by Crippen LogP contribution is 2.28. The molecule has 2 heterocycles. The van der Waals surface area contributed by atoms with E-state index in [-0.39, 0.29) is 11.8 Å². The molecule has 0 unspecified atom stereocenters. The molecule has 166 valence electrons. The van der Waals surface area contributed by atoms with Crippen LogP contribution in [0.1, 0.15) is 23.7 Å². The quantitative estimate of drug-likeness (QED) is 0.660. The molecule has 1 aromatic heterocycles. The third-order valence-electron chi connectivity index (χ3n) is 5.74. The van der Waals surface area contributed by atoms with Crippen molar-refractivity contribution in [3.8, 4) is 11.4 Å². The maximum atomic E-state index is 14.4. The van der Waals surface area contributed by atoms with Gasteiger partial charge in [-0.05, 0) is 25.5 Å². The molecule has 1 aliphatic rings. The molecular weight excluding hydrogens is 405 g/mol. The smallest absolute Gasteiger partial charge is 0.317 e. The summed E-state index contributed by atoms with van der Waals surface area (Å²) in [6, 6.07) is 16.7. The van der Waals surface area contributed by atoms with Gasteiger partial charge in [0.05, 0.1) is 0 Å². The Morgan fingerprint density at radius 3 is 2.38 bits per heavy atom. The van der Waals surface area contributed by atoms with Crippen molar-refractivity contribution in [1.29, 1.82) is 0 Å². The highest BCUT2D eigenvalue weighted by Gasteiger charge is 2.25. The number of urea groups is 1. The van der Waals surface area contributed by atoms with Crippen LogP contribution in [0.3, 0.4) is 0 Å². The number of rotatable bonds is 5. The van der Waals surface area contributed by atoms with Gasteiger partial charge < -0.3 is 15.1 Å². The van der Waals surface area contributed by atoms with Crippen LogP contribution in [0.25, 0.3) is 11.4 Å². The first-order valence-electron chi connectivity index (χ1n) is 11.0. The van der Waals surface area contributed by atoms with Gasteiger partial charge in [0.15, 0.2) is 5.82 Å². The van der Waals surface area contributed by atoms with E-state index in [0.29, 0.717) is 50.5 Å². The van der Waals surface area contributed by atoms with Gasteiger partial charge in [0.1, 0.15) is 11.6 Å². The Kier molecular flexibility index (Phi) is 6.63. The molecule has 3 aromatic rings. The molecule has 0 atom stereocenters. The van der Waals surface area contributed by atoms with Gasteiger partial charge in [-0.3, -0.25) is 0 Å². The minimum atomic E-state index is -0.231. The number of piperazine rings is 1. The first-order chi connectivity index (χ1) is 15.6. The first kappa shape index (κ1) is 21.7. The molecule has 0 radical (unpaired) electrons. The molecular formula is C25H28FN5O. The van der Waals surface area contributed by atoms with Crippen LogP contribution in [0.5, 0.6) is 0 Å². The van der Waals surface area contributed by atoms with E-state index < -0.39 is 0 Å². The molecule has 0 aliphatic carbocycles. The maximum absolute atomic E-state index is 14.4. The Bertz CT molecular complexity index is 1080. The lowest BCUT2D eigenvalue weighted by molar-refractivity contribution is 0.195. The van der Waals surface area contributed by atoms with Crippen molar-refractivity contribution in [2.45, 2.75) is 20.3 Å². The van der Waals surface area contributed by atoms with E-state index in [0.717, 1.165) is 22.6 Å². The largest absolute Gasteiger partial charge is 0.353 e. The van der Waals surface area contributed by atoms with E-state index in [4.69, 9.17) is 9.97 Å². The van der Waals surface area contributed by atoms with Crippen LogP contribution in [-0.4, -0.2) is 53.6 Å². The number of amides is 2. The van der Waals surface area contributed by atoms with Gasteiger partial charge in [0.25, 0.3) is 0 Å². The molecule has 1 saturated heterocycles. The predicted octanol–water partition coefficient (Wildman–Crippen LogP) is 4.03. The van der Waals surface area contributed by atoms with E-state index >= 15 is 0 Å². The van der Waals surface area contributed by atoms with Crippen LogP contribution in [0.4, 0.5) is 15.0 Å². The van der Waals surface area contributed by atoms with Crippen molar-refractivity contribution in [2.75, 3.05) is 37.6 Å². The zero-order chi connectivity index (χ0) is 22.5. The number of carbonyl (C=O) groups excluding carboxylic acids is 1. The molecule has 2 amide bonds. The summed E-state index contributed by atoms with van der Waals surface area (Å²) in [6.45, 7) is 7.01. The molecule has 7 heteroatoms. The zero-order valence-corrected chi connectivity index (χ0v) is 18.5. The summed E-state index contributed by atoms with van der Waals surface area (Å²) >= 11 is 0. The number of nitrogens with zero attached hydrogens (tertiary/aromatic N) is 4. The van der Waals surface area contributed by atoms with Crippen LogP contribution in [-0.2, 0) is 6.42 Å². The van der Waals surface area contributed by atoms with Gasteiger partial charge >= 0.3 is 6.03 Å². The van der Waals surface area contributed by atoms with Crippen molar-refractivity contribution >= 4 is 11.8 Å². The second-order valence-corrected chi connectivity index (χ2v) is 7.88. The number of hydrogen-bond donors (Lipinski definition) is 1. The lowest BCUT2D eigenvalue weighted by Crippen LogP contribution is -2.52. The van der Waals surface area contributed by atoms with Crippen LogP contribution in [0.15, 0.2) is 54.6 Å². The molecule has 0 spiro atoms. The van der Waals surface area contributed by atoms with E-state index in [2.05, 4.69) is 10.2 Å². The molecule has 0 bridgehead atoms. The lowest BCUT2D eigenvalue weighted by atomic mass is 10.0. The summed E-state index contributed by atoms with van der Waals surface area (Å²) in [5, 5.41) is 2.86. The molecule has 1 aliphatic heterocycles. The topological polar surface area (TPSA) is 61.4 Å². The highest BCUT2D eigenvalue weighted by atomic mass is 19.1. The number of hydrogen-bond acceptors (Lipinski definition) is 4. The van der Waals surface area contributed by atoms with Crippen molar-refractivity contribution in [1.82, 2.24) is 20.2 Å². The average Bonchev–Trinajstić information content (AvgIpc) is 2.82. The number of carbonyl (C=O) groups is 1. The summed E-state index contributed by atoms with van der Waals surface area (Å²) in [7, 11) is 0. The van der Waals surface area contributed by atoms with Crippen LogP contribution in [0.2, 0.25) is 0 Å². The van der Waals surface area contributed by atoms with E-state index in [1.807, 2.05) is 55.1 Å². The summed E-state index contributed by atoms with van der Waals surface area (Å²) in [5.74, 6) is 1.24.